The molecule has 0 unspecified atom stereocenters. The second kappa shape index (κ2) is 8.55. The largest absolute Gasteiger partial charge is 0.369 e. The summed E-state index contributed by atoms with van der Waals surface area (Å²) in [5, 5.41) is 6.57. The van der Waals surface area contributed by atoms with Gasteiger partial charge in [-0.05, 0) is 31.2 Å². The van der Waals surface area contributed by atoms with Gasteiger partial charge in [0.2, 0.25) is 0 Å². The molecule has 140 valence electrons. The molecule has 2 heterocycles. The van der Waals surface area contributed by atoms with Crippen LogP contribution >= 0.6 is 11.3 Å². The number of anilines is 2. The van der Waals surface area contributed by atoms with Crippen LogP contribution in [0.4, 0.5) is 10.8 Å². The van der Waals surface area contributed by atoms with E-state index in [0.717, 1.165) is 50.0 Å². The number of likely N-dealkylation sites (N-methyl/N-ethyl adjacent to an activating group) is 1. The summed E-state index contributed by atoms with van der Waals surface area (Å²) >= 11 is 1.67. The number of aromatic nitrogens is 1. The molecule has 0 radical (unpaired) electrons. The Hall–Kier alpha value is -2.37. The molecule has 0 amide bonds. The van der Waals surface area contributed by atoms with Crippen molar-refractivity contribution in [3.63, 3.8) is 0 Å². The molecule has 3 aromatic rings. The van der Waals surface area contributed by atoms with Gasteiger partial charge in [0.15, 0.2) is 5.13 Å². The number of rotatable bonds is 6. The van der Waals surface area contributed by atoms with E-state index < -0.39 is 0 Å². The maximum Gasteiger partial charge on any atom is 0.183 e. The fraction of sp³-hybridized carbons (Fsp3) is 0.318. The maximum atomic E-state index is 4.75. The molecule has 0 atom stereocenters. The molecular weight excluding hydrogens is 352 g/mol. The molecular formula is C22H26N4S. The van der Waals surface area contributed by atoms with Crippen molar-refractivity contribution in [1.29, 1.82) is 0 Å². The number of nitrogens with one attached hydrogen (secondary N) is 1. The van der Waals surface area contributed by atoms with Crippen LogP contribution in [0.5, 0.6) is 0 Å². The summed E-state index contributed by atoms with van der Waals surface area (Å²) in [6.45, 7) is 5.36. The summed E-state index contributed by atoms with van der Waals surface area (Å²) in [7, 11) is 2.19. The highest BCUT2D eigenvalue weighted by atomic mass is 32.1. The van der Waals surface area contributed by atoms with Crippen LogP contribution in [0.15, 0.2) is 60.0 Å². The first-order valence-corrected chi connectivity index (χ1v) is 10.4. The molecule has 1 aliphatic heterocycles. The van der Waals surface area contributed by atoms with Crippen molar-refractivity contribution in [2.45, 2.75) is 6.42 Å². The van der Waals surface area contributed by atoms with Crippen LogP contribution < -0.4 is 10.2 Å². The lowest BCUT2D eigenvalue weighted by molar-refractivity contribution is 0.313. The van der Waals surface area contributed by atoms with Gasteiger partial charge in [0, 0.05) is 49.4 Å². The Kier molecular flexibility index (Phi) is 5.70. The summed E-state index contributed by atoms with van der Waals surface area (Å²) in [6, 6.07) is 19.4. The highest BCUT2D eigenvalue weighted by Crippen LogP contribution is 2.27. The summed E-state index contributed by atoms with van der Waals surface area (Å²) < 4.78 is 0. The smallest absolute Gasteiger partial charge is 0.183 e. The molecule has 0 spiro atoms. The third kappa shape index (κ3) is 4.67. The minimum atomic E-state index is 0.902. The monoisotopic (exact) mass is 378 g/mol. The molecule has 0 aliphatic carbocycles. The lowest BCUT2D eigenvalue weighted by Crippen LogP contribution is -2.44. The van der Waals surface area contributed by atoms with Gasteiger partial charge in [-0.1, -0.05) is 42.5 Å². The molecule has 1 N–H and O–H groups in total. The van der Waals surface area contributed by atoms with Crippen LogP contribution in [0.25, 0.3) is 11.3 Å². The molecule has 0 bridgehead atoms. The summed E-state index contributed by atoms with van der Waals surface area (Å²) in [5.41, 5.74) is 4.89. The predicted octanol–water partition coefficient (Wildman–Crippen LogP) is 4.22. The zero-order valence-electron chi connectivity index (χ0n) is 15.8. The van der Waals surface area contributed by atoms with Gasteiger partial charge in [0.05, 0.1) is 5.69 Å². The van der Waals surface area contributed by atoms with E-state index in [9.17, 15) is 0 Å². The minimum absolute atomic E-state index is 0.902. The summed E-state index contributed by atoms with van der Waals surface area (Å²) in [4.78, 5) is 9.59. The maximum absolute atomic E-state index is 4.75. The number of piperazine rings is 1. The topological polar surface area (TPSA) is 31.4 Å². The molecule has 1 aromatic heterocycles. The molecule has 4 rings (SSSR count). The highest BCUT2D eigenvalue weighted by molar-refractivity contribution is 7.14. The van der Waals surface area contributed by atoms with E-state index in [2.05, 4.69) is 82.1 Å². The van der Waals surface area contributed by atoms with Crippen LogP contribution in [0.2, 0.25) is 0 Å². The predicted molar refractivity (Wildman–Crippen MR) is 116 cm³/mol. The Morgan fingerprint density at radius 1 is 0.963 bits per heavy atom. The van der Waals surface area contributed by atoms with E-state index in [1.54, 1.807) is 11.3 Å². The van der Waals surface area contributed by atoms with Gasteiger partial charge in [0.1, 0.15) is 0 Å². The zero-order valence-corrected chi connectivity index (χ0v) is 16.6. The number of hydrogen-bond donors (Lipinski definition) is 1. The average Bonchev–Trinajstić information content (AvgIpc) is 3.19. The van der Waals surface area contributed by atoms with E-state index in [4.69, 9.17) is 4.98 Å². The van der Waals surface area contributed by atoms with Crippen molar-refractivity contribution in [2.75, 3.05) is 50.0 Å². The molecule has 0 saturated carbocycles. The van der Waals surface area contributed by atoms with Gasteiger partial charge in [-0.2, -0.15) is 0 Å². The third-order valence-corrected chi connectivity index (χ3v) is 5.87. The molecule has 1 aliphatic rings. The fourth-order valence-electron chi connectivity index (χ4n) is 3.35. The van der Waals surface area contributed by atoms with Crippen LogP contribution in [-0.2, 0) is 6.42 Å². The van der Waals surface area contributed by atoms with Crippen LogP contribution in [0, 0.1) is 0 Å². The first-order chi connectivity index (χ1) is 13.3. The minimum Gasteiger partial charge on any atom is -0.369 e. The Balaban J connectivity index is 1.34. The standard InChI is InChI=1S/C22H26N4S/c1-25-13-15-26(16-14-25)20-9-7-19(8-10-20)21-17-27-22(24-21)23-12-11-18-5-3-2-4-6-18/h2-10,17H,11-16H2,1H3,(H,23,24). The van der Waals surface area contributed by atoms with E-state index in [0.29, 0.717) is 0 Å². The summed E-state index contributed by atoms with van der Waals surface area (Å²) in [5.74, 6) is 0. The second-order valence-electron chi connectivity index (χ2n) is 7.04. The Bertz CT molecular complexity index is 836. The van der Waals surface area contributed by atoms with E-state index in [1.807, 2.05) is 0 Å². The van der Waals surface area contributed by atoms with Crippen molar-refractivity contribution in [3.8, 4) is 11.3 Å². The van der Waals surface area contributed by atoms with Crippen molar-refractivity contribution in [3.05, 3.63) is 65.5 Å². The molecule has 4 nitrogen and oxygen atoms in total. The number of thiazole rings is 1. The second-order valence-corrected chi connectivity index (χ2v) is 7.90. The van der Waals surface area contributed by atoms with Gasteiger partial charge < -0.3 is 15.1 Å². The first kappa shape index (κ1) is 18.0. The van der Waals surface area contributed by atoms with Gasteiger partial charge in [-0.25, -0.2) is 4.98 Å². The Labute approximate surface area is 165 Å². The van der Waals surface area contributed by atoms with Crippen molar-refractivity contribution < 1.29 is 0 Å². The van der Waals surface area contributed by atoms with Gasteiger partial charge in [-0.15, -0.1) is 11.3 Å². The van der Waals surface area contributed by atoms with E-state index >= 15 is 0 Å². The van der Waals surface area contributed by atoms with Crippen molar-refractivity contribution in [2.24, 2.45) is 0 Å². The first-order valence-electron chi connectivity index (χ1n) is 9.55. The zero-order chi connectivity index (χ0) is 18.5. The molecule has 1 saturated heterocycles. The molecule has 5 heteroatoms. The lowest BCUT2D eigenvalue weighted by atomic mass is 10.1. The third-order valence-electron chi connectivity index (χ3n) is 5.07. The normalized spacial score (nSPS) is 15.1. The highest BCUT2D eigenvalue weighted by Gasteiger charge is 2.14. The Morgan fingerprint density at radius 3 is 2.44 bits per heavy atom. The fourth-order valence-corrected chi connectivity index (χ4v) is 4.10. The van der Waals surface area contributed by atoms with Crippen LogP contribution in [0.1, 0.15) is 5.56 Å². The molecule has 27 heavy (non-hydrogen) atoms. The lowest BCUT2D eigenvalue weighted by Gasteiger charge is -2.34. The SMILES string of the molecule is CN1CCN(c2ccc(-c3csc(NCCc4ccccc4)n3)cc2)CC1. The van der Waals surface area contributed by atoms with Gasteiger partial charge in [-0.3, -0.25) is 0 Å². The van der Waals surface area contributed by atoms with Crippen LogP contribution in [0.3, 0.4) is 0 Å². The molecule has 2 aromatic carbocycles. The van der Waals surface area contributed by atoms with Crippen molar-refractivity contribution in [1.82, 2.24) is 9.88 Å². The quantitative estimate of drug-likeness (QED) is 0.696. The van der Waals surface area contributed by atoms with E-state index in [-0.39, 0.29) is 0 Å². The number of hydrogen-bond acceptors (Lipinski definition) is 5. The van der Waals surface area contributed by atoms with E-state index in [1.165, 1.54) is 16.8 Å². The number of nitrogens with zero attached hydrogens (tertiary/aromatic N) is 3. The van der Waals surface area contributed by atoms with Gasteiger partial charge in [0.25, 0.3) is 0 Å². The van der Waals surface area contributed by atoms with Crippen molar-refractivity contribution >= 4 is 22.2 Å². The number of benzene rings is 2. The molecule has 1 fully saturated rings. The average molecular weight is 379 g/mol. The van der Waals surface area contributed by atoms with Crippen LogP contribution in [-0.4, -0.2) is 49.7 Å². The van der Waals surface area contributed by atoms with Gasteiger partial charge >= 0.3 is 0 Å². The summed E-state index contributed by atoms with van der Waals surface area (Å²) in [6.07, 6.45) is 1.01. The Morgan fingerprint density at radius 2 is 1.70 bits per heavy atom.